The van der Waals surface area contributed by atoms with Crippen LogP contribution in [0.25, 0.3) is 0 Å². The molecule has 1 aromatic carbocycles. The van der Waals surface area contributed by atoms with Crippen LogP contribution in [0.1, 0.15) is 152 Å². The van der Waals surface area contributed by atoms with Gasteiger partial charge in [0.15, 0.2) is 0 Å². The Kier molecular flexibility index (Phi) is 34.8. The van der Waals surface area contributed by atoms with Crippen LogP contribution >= 0.6 is 34.1 Å². The second-order valence-electron chi connectivity index (χ2n) is 14.0. The van der Waals surface area contributed by atoms with Crippen LogP contribution in [0.3, 0.4) is 0 Å². The van der Waals surface area contributed by atoms with Gasteiger partial charge in [-0.1, -0.05) is 127 Å². The Bertz CT molecular complexity index is 725. The van der Waals surface area contributed by atoms with Crippen LogP contribution in [-0.2, 0) is 54.5 Å². The van der Waals surface area contributed by atoms with Crippen LogP contribution in [0.15, 0.2) is 24.3 Å². The molecule has 0 spiro atoms. The molecule has 6 atom stereocenters. The summed E-state index contributed by atoms with van der Waals surface area (Å²) in [5, 5.41) is 0. The minimum Gasteiger partial charge on any atom is -0.0617 e. The molecule has 266 valence electrons. The number of fused-ring (bicyclic) bond motifs is 2. The Morgan fingerprint density at radius 1 is 0.435 bits per heavy atom. The predicted octanol–water partition coefficient (Wildman–Crippen LogP) is 15.7. The number of hydrogen-bond acceptors (Lipinski definition) is 0. The summed E-state index contributed by atoms with van der Waals surface area (Å²) >= 11 is -1.65. The first-order valence-electron chi connectivity index (χ1n) is 17.7. The van der Waals surface area contributed by atoms with Crippen molar-refractivity contribution >= 4 is 34.1 Å². The SMILES string of the molecule is C1CCCC1.C1CCCC1.[CH3-].[CH3-].[CH3-].[CH3-].[Cl][Zr+2][Cl].[Cl][Zr+2][Cl].c1cc(CC2CCC3CCCCC32)cc(CC2CCC3CCCCC32)c1. The van der Waals surface area contributed by atoms with Crippen molar-refractivity contribution in [1.82, 2.24) is 0 Å². The molecule has 6 unspecified atom stereocenters. The zero-order chi connectivity index (χ0) is 29.8. The monoisotopic (exact) mass is 870 g/mol. The van der Waals surface area contributed by atoms with Crippen LogP contribution in [0.5, 0.6) is 0 Å². The maximum atomic E-state index is 4.93. The molecule has 6 saturated carbocycles. The molecule has 0 aromatic heterocycles. The Labute approximate surface area is 327 Å². The third kappa shape index (κ3) is 19.1. The van der Waals surface area contributed by atoms with Gasteiger partial charge in [-0.05, 0) is 98.0 Å². The molecule has 0 bridgehead atoms. The quantitative estimate of drug-likeness (QED) is 0.264. The van der Waals surface area contributed by atoms with Crippen molar-refractivity contribution in [2.45, 2.75) is 154 Å². The van der Waals surface area contributed by atoms with Crippen molar-refractivity contribution in [2.24, 2.45) is 35.5 Å². The third-order valence-corrected chi connectivity index (χ3v) is 11.5. The average Bonchev–Trinajstić information content (AvgIpc) is 3.85. The summed E-state index contributed by atoms with van der Waals surface area (Å²) in [7, 11) is 19.7. The van der Waals surface area contributed by atoms with E-state index in [4.69, 9.17) is 34.1 Å². The molecule has 0 nitrogen and oxygen atoms in total. The summed E-state index contributed by atoms with van der Waals surface area (Å²) in [4.78, 5) is 0. The molecular weight excluding hydrogens is 805 g/mol. The summed E-state index contributed by atoms with van der Waals surface area (Å²) in [6, 6.07) is 9.83. The van der Waals surface area contributed by atoms with Gasteiger partial charge in [-0.25, -0.2) is 0 Å². The summed E-state index contributed by atoms with van der Waals surface area (Å²) < 4.78 is 0. The van der Waals surface area contributed by atoms with Crippen LogP contribution in [0, 0.1) is 65.2 Å². The predicted molar refractivity (Wildman–Crippen MR) is 205 cm³/mol. The topological polar surface area (TPSA) is 0 Å². The van der Waals surface area contributed by atoms with E-state index in [1.807, 2.05) is 0 Å². The van der Waals surface area contributed by atoms with Gasteiger partial charge in [0.05, 0.1) is 0 Å². The molecule has 6 heteroatoms. The van der Waals surface area contributed by atoms with Crippen molar-refractivity contribution in [3.8, 4) is 0 Å². The molecule has 6 aliphatic rings. The molecule has 0 aliphatic heterocycles. The first-order chi connectivity index (χ1) is 20.7. The van der Waals surface area contributed by atoms with Gasteiger partial charge in [-0.2, -0.15) is 0 Å². The van der Waals surface area contributed by atoms with E-state index in [-0.39, 0.29) is 29.7 Å². The van der Waals surface area contributed by atoms with Gasteiger partial charge in [-0.3, -0.25) is 0 Å². The van der Waals surface area contributed by atoms with Crippen LogP contribution < -0.4 is 0 Å². The minimum absolute atomic E-state index is 0. The molecule has 1 aromatic rings. The zero-order valence-electron chi connectivity index (χ0n) is 30.3. The normalized spacial score (nSPS) is 28.0. The van der Waals surface area contributed by atoms with Gasteiger partial charge < -0.3 is 29.7 Å². The van der Waals surface area contributed by atoms with Crippen LogP contribution in [-0.4, -0.2) is 0 Å². The van der Waals surface area contributed by atoms with Gasteiger partial charge in [0.2, 0.25) is 0 Å². The van der Waals surface area contributed by atoms with Crippen molar-refractivity contribution in [3.63, 3.8) is 0 Å². The van der Waals surface area contributed by atoms with Gasteiger partial charge >= 0.3 is 75.7 Å². The fourth-order valence-corrected chi connectivity index (χ4v) is 9.48. The first-order valence-corrected chi connectivity index (χ1v) is 30.4. The molecule has 0 radical (unpaired) electrons. The number of benzene rings is 1. The van der Waals surface area contributed by atoms with Crippen LogP contribution in [0.4, 0.5) is 0 Å². The van der Waals surface area contributed by atoms with Crippen LogP contribution in [0.2, 0.25) is 0 Å². The van der Waals surface area contributed by atoms with E-state index in [1.165, 1.54) is 154 Å². The maximum Gasteiger partial charge on any atom is -0.0248 e. The molecular formula is C40H70Cl4Zr2. The Morgan fingerprint density at radius 3 is 1.07 bits per heavy atom. The fourth-order valence-electron chi connectivity index (χ4n) is 9.48. The second-order valence-corrected chi connectivity index (χ2v) is 21.5. The Balaban J connectivity index is 0. The summed E-state index contributed by atoms with van der Waals surface area (Å²) in [5.74, 6) is 6.27. The van der Waals surface area contributed by atoms with E-state index in [9.17, 15) is 0 Å². The Morgan fingerprint density at radius 2 is 0.739 bits per heavy atom. The van der Waals surface area contributed by atoms with Gasteiger partial charge in [-0.15, -0.1) is 0 Å². The van der Waals surface area contributed by atoms with E-state index in [1.54, 1.807) is 11.1 Å². The van der Waals surface area contributed by atoms with E-state index >= 15 is 0 Å². The van der Waals surface area contributed by atoms with Crippen molar-refractivity contribution in [1.29, 1.82) is 0 Å². The second kappa shape index (κ2) is 31.8. The van der Waals surface area contributed by atoms with Crippen molar-refractivity contribution in [2.75, 3.05) is 0 Å². The van der Waals surface area contributed by atoms with Gasteiger partial charge in [0.25, 0.3) is 0 Å². The van der Waals surface area contributed by atoms with E-state index < -0.39 is 41.7 Å². The van der Waals surface area contributed by atoms with Gasteiger partial charge in [0, 0.05) is 0 Å². The summed E-state index contributed by atoms with van der Waals surface area (Å²) in [5.41, 5.74) is 3.30. The van der Waals surface area contributed by atoms with E-state index in [0.29, 0.717) is 0 Å². The summed E-state index contributed by atoms with van der Waals surface area (Å²) in [6.45, 7) is 0. The zero-order valence-corrected chi connectivity index (χ0v) is 38.2. The Hall–Kier alpha value is 2.15. The average molecular weight is 875 g/mol. The maximum absolute atomic E-state index is 4.93. The molecule has 0 heterocycles. The molecule has 0 saturated heterocycles. The van der Waals surface area contributed by atoms with Crippen molar-refractivity contribution in [3.05, 3.63) is 65.1 Å². The molecule has 7 rings (SSSR count). The third-order valence-electron chi connectivity index (χ3n) is 11.5. The summed E-state index contributed by atoms with van der Waals surface area (Å²) in [6.07, 6.45) is 35.9. The minimum atomic E-state index is -0.826. The number of rotatable bonds is 4. The molecule has 0 N–H and O–H groups in total. The first kappa shape index (κ1) is 50.3. The van der Waals surface area contributed by atoms with Gasteiger partial charge in [0.1, 0.15) is 0 Å². The van der Waals surface area contributed by atoms with Crippen molar-refractivity contribution < 1.29 is 41.7 Å². The number of hydrogen-bond donors (Lipinski definition) is 0. The standard InChI is InChI=1S/C26H38.2C5H10.4CH3.4ClH.2Zr/c1-3-10-25-21(8-1)12-14-23(25)17-19-6-5-7-20(16-19)18-24-15-13-22-9-2-4-11-26(22)24;2*1-2-4-5-3-1;;;;;;;;;;/h5-7,16,21-26H,1-4,8-15,17-18H2;2*1-5H2;4*1H3;4*1H;;/q;;;4*-1;;;;;2*+4/p-4. The molecule has 0 amide bonds. The largest absolute Gasteiger partial charge is 0.0617 e. The van der Waals surface area contributed by atoms with E-state index in [0.717, 1.165) is 35.5 Å². The smallest absolute Gasteiger partial charge is 0.0248 e. The molecule has 6 aliphatic carbocycles. The molecule has 6 fully saturated rings. The fraction of sp³-hybridized carbons (Fsp3) is 0.750. The number of halogens is 4. The molecule has 46 heavy (non-hydrogen) atoms. The van der Waals surface area contributed by atoms with E-state index in [2.05, 4.69) is 24.3 Å².